The highest BCUT2D eigenvalue weighted by Crippen LogP contribution is 2.20. The summed E-state index contributed by atoms with van der Waals surface area (Å²) in [7, 11) is -0.0498. The minimum absolute atomic E-state index is 0.361. The molecule has 98 valence electrons. The molecule has 5 nitrogen and oxygen atoms in total. The molecule has 1 aromatic carbocycles. The smallest absolute Gasteiger partial charge is 0.492 e. The predicted molar refractivity (Wildman–Crippen MR) is 74.4 cm³/mol. The third kappa shape index (κ3) is 3.70. The van der Waals surface area contributed by atoms with Gasteiger partial charge >= 0.3 is 7.12 Å². The molecule has 2 rings (SSSR count). The van der Waals surface area contributed by atoms with Crippen LogP contribution in [0.3, 0.4) is 0 Å². The van der Waals surface area contributed by atoms with E-state index in [4.69, 9.17) is 4.74 Å². The summed E-state index contributed by atoms with van der Waals surface area (Å²) in [6, 6.07) is 5.32. The number of thioether (sulfide) groups is 1. The van der Waals surface area contributed by atoms with Gasteiger partial charge in [0.1, 0.15) is 10.8 Å². The van der Waals surface area contributed by atoms with E-state index >= 15 is 0 Å². The molecule has 0 aliphatic heterocycles. The molecule has 0 radical (unpaired) electrons. The van der Waals surface area contributed by atoms with Crippen molar-refractivity contribution in [2.24, 2.45) is 0 Å². The van der Waals surface area contributed by atoms with Crippen LogP contribution in [0.25, 0.3) is 0 Å². The van der Waals surface area contributed by atoms with Crippen molar-refractivity contribution in [1.29, 1.82) is 0 Å². The van der Waals surface area contributed by atoms with Gasteiger partial charge < -0.3 is 14.8 Å². The van der Waals surface area contributed by atoms with Gasteiger partial charge in [0.25, 0.3) is 0 Å². The van der Waals surface area contributed by atoms with E-state index in [0.29, 0.717) is 17.0 Å². The van der Waals surface area contributed by atoms with Gasteiger partial charge in [0.15, 0.2) is 0 Å². The number of hydrogen-bond acceptors (Lipinski definition) is 6. The van der Waals surface area contributed by atoms with Crippen molar-refractivity contribution in [2.75, 3.05) is 7.11 Å². The third-order valence-electron chi connectivity index (χ3n) is 2.50. The van der Waals surface area contributed by atoms with Gasteiger partial charge in [0.05, 0.1) is 13.3 Å². The molecule has 0 aliphatic rings. The van der Waals surface area contributed by atoms with Crippen LogP contribution in [0.1, 0.15) is 5.56 Å². The van der Waals surface area contributed by atoms with E-state index in [9.17, 15) is 10.0 Å². The van der Waals surface area contributed by atoms with Crippen molar-refractivity contribution in [3.05, 3.63) is 42.4 Å². The van der Waals surface area contributed by atoms with E-state index in [1.54, 1.807) is 30.7 Å². The molecule has 0 saturated carbocycles. The Labute approximate surface area is 115 Å². The first-order chi connectivity index (χ1) is 9.20. The van der Waals surface area contributed by atoms with Gasteiger partial charge in [-0.2, -0.15) is 0 Å². The molecular formula is C12H13BN2O3S. The van der Waals surface area contributed by atoms with Crippen LogP contribution in [0.2, 0.25) is 0 Å². The highest BCUT2D eigenvalue weighted by atomic mass is 32.2. The zero-order chi connectivity index (χ0) is 13.7. The predicted octanol–water partition coefficient (Wildman–Crippen LogP) is 0.457. The Bertz CT molecular complexity index is 540. The molecule has 0 bridgehead atoms. The zero-order valence-corrected chi connectivity index (χ0v) is 11.2. The normalized spacial score (nSPS) is 10.3. The summed E-state index contributed by atoms with van der Waals surface area (Å²) < 4.78 is 5.08. The molecule has 0 atom stereocenters. The lowest BCUT2D eigenvalue weighted by molar-refractivity contribution is 0.403. The fraction of sp³-hybridized carbons (Fsp3) is 0.167. The molecular weight excluding hydrogens is 263 g/mol. The molecule has 0 unspecified atom stereocenters. The fourth-order valence-electron chi connectivity index (χ4n) is 1.59. The van der Waals surface area contributed by atoms with Gasteiger partial charge in [-0.3, -0.25) is 4.98 Å². The molecule has 2 aromatic rings. The summed E-state index contributed by atoms with van der Waals surface area (Å²) in [5.41, 5.74) is 1.32. The molecule has 19 heavy (non-hydrogen) atoms. The minimum Gasteiger partial charge on any atom is -0.497 e. The lowest BCUT2D eigenvalue weighted by Gasteiger charge is -2.09. The molecule has 1 aromatic heterocycles. The van der Waals surface area contributed by atoms with E-state index in [1.165, 1.54) is 18.9 Å². The first kappa shape index (κ1) is 13.9. The largest absolute Gasteiger partial charge is 0.497 e. The van der Waals surface area contributed by atoms with Crippen molar-refractivity contribution >= 4 is 24.3 Å². The van der Waals surface area contributed by atoms with Gasteiger partial charge in [-0.25, -0.2) is 4.98 Å². The molecule has 0 spiro atoms. The van der Waals surface area contributed by atoms with Crippen LogP contribution in [-0.4, -0.2) is 34.2 Å². The third-order valence-corrected chi connectivity index (χ3v) is 3.48. The number of methoxy groups -OCH3 is 1. The van der Waals surface area contributed by atoms with Crippen LogP contribution >= 0.6 is 11.8 Å². The Morgan fingerprint density at radius 2 is 2.16 bits per heavy atom. The number of rotatable bonds is 5. The molecule has 0 amide bonds. The zero-order valence-electron chi connectivity index (χ0n) is 10.4. The van der Waals surface area contributed by atoms with Gasteiger partial charge in [-0.15, -0.1) is 11.8 Å². The van der Waals surface area contributed by atoms with Crippen LogP contribution in [0, 0.1) is 0 Å². The summed E-state index contributed by atoms with van der Waals surface area (Å²) in [5.74, 6) is 1.13. The standard InChI is InChI=1S/C12H13BN2O3S/c1-18-11-3-2-9(6-10(11)13(16)17)8-19-12-7-14-4-5-15-12/h2-7,16-17H,8H2,1H3. The lowest BCUT2D eigenvalue weighted by atomic mass is 9.79. The van der Waals surface area contributed by atoms with Crippen molar-refractivity contribution in [2.45, 2.75) is 10.8 Å². The second-order valence-electron chi connectivity index (χ2n) is 3.78. The van der Waals surface area contributed by atoms with Crippen molar-refractivity contribution in [3.63, 3.8) is 0 Å². The number of hydrogen-bond donors (Lipinski definition) is 2. The minimum atomic E-state index is -1.54. The highest BCUT2D eigenvalue weighted by Gasteiger charge is 2.17. The summed E-state index contributed by atoms with van der Waals surface area (Å²) in [6.07, 6.45) is 4.95. The summed E-state index contributed by atoms with van der Waals surface area (Å²) in [6.45, 7) is 0. The Hall–Kier alpha value is -1.57. The topological polar surface area (TPSA) is 75.5 Å². The van der Waals surface area contributed by atoms with Gasteiger partial charge in [0.2, 0.25) is 0 Å². The molecule has 2 N–H and O–H groups in total. The Morgan fingerprint density at radius 3 is 2.79 bits per heavy atom. The fourth-order valence-corrected chi connectivity index (χ4v) is 2.36. The number of ether oxygens (including phenoxy) is 1. The highest BCUT2D eigenvalue weighted by molar-refractivity contribution is 7.98. The molecule has 0 saturated heterocycles. The Morgan fingerprint density at radius 1 is 1.32 bits per heavy atom. The van der Waals surface area contributed by atoms with E-state index in [2.05, 4.69) is 9.97 Å². The second kappa shape index (κ2) is 6.56. The van der Waals surface area contributed by atoms with Crippen molar-refractivity contribution in [3.8, 4) is 5.75 Å². The van der Waals surface area contributed by atoms with E-state index in [0.717, 1.165) is 10.6 Å². The van der Waals surface area contributed by atoms with Crippen LogP contribution in [0.4, 0.5) is 0 Å². The number of aromatic nitrogens is 2. The van der Waals surface area contributed by atoms with Gasteiger partial charge in [-0.1, -0.05) is 12.1 Å². The maximum Gasteiger partial charge on any atom is 0.492 e. The summed E-state index contributed by atoms with van der Waals surface area (Å²) in [4.78, 5) is 8.15. The van der Waals surface area contributed by atoms with Gasteiger partial charge in [0, 0.05) is 23.6 Å². The molecule has 7 heteroatoms. The first-order valence-electron chi connectivity index (χ1n) is 5.62. The van der Waals surface area contributed by atoms with Crippen molar-refractivity contribution < 1.29 is 14.8 Å². The maximum atomic E-state index is 9.29. The van der Waals surface area contributed by atoms with Gasteiger partial charge in [-0.05, 0) is 11.6 Å². The molecule has 0 fully saturated rings. The number of nitrogens with zero attached hydrogens (tertiary/aromatic N) is 2. The first-order valence-corrected chi connectivity index (χ1v) is 6.61. The van der Waals surface area contributed by atoms with Crippen molar-refractivity contribution in [1.82, 2.24) is 9.97 Å². The van der Waals surface area contributed by atoms with Crippen LogP contribution < -0.4 is 10.2 Å². The number of benzene rings is 1. The average molecular weight is 276 g/mol. The van der Waals surface area contributed by atoms with Crippen LogP contribution in [0.15, 0.2) is 41.8 Å². The second-order valence-corrected chi connectivity index (χ2v) is 4.78. The molecule has 1 heterocycles. The Kier molecular flexibility index (Phi) is 4.78. The molecule has 0 aliphatic carbocycles. The SMILES string of the molecule is COc1ccc(CSc2cnccn2)cc1B(O)O. The van der Waals surface area contributed by atoms with E-state index in [1.807, 2.05) is 6.07 Å². The quantitative estimate of drug-likeness (QED) is 0.610. The van der Waals surface area contributed by atoms with Crippen LogP contribution in [-0.2, 0) is 5.75 Å². The van der Waals surface area contributed by atoms with E-state index in [-0.39, 0.29) is 0 Å². The summed E-state index contributed by atoms with van der Waals surface area (Å²) in [5, 5.41) is 19.4. The lowest BCUT2D eigenvalue weighted by Crippen LogP contribution is -2.31. The maximum absolute atomic E-state index is 9.29. The monoisotopic (exact) mass is 276 g/mol. The summed E-state index contributed by atoms with van der Waals surface area (Å²) >= 11 is 1.53. The van der Waals surface area contributed by atoms with Crippen LogP contribution in [0.5, 0.6) is 5.75 Å². The van der Waals surface area contributed by atoms with E-state index < -0.39 is 7.12 Å². The average Bonchev–Trinajstić information content (AvgIpc) is 2.46. The Balaban J connectivity index is 2.11.